The first-order valence-corrected chi connectivity index (χ1v) is 4.77. The van der Waals surface area contributed by atoms with Crippen molar-refractivity contribution in [3.8, 4) is 5.75 Å². The fraction of sp³-hybridized carbons (Fsp3) is 0.364. The highest BCUT2D eigenvalue weighted by atomic mass is 16.9. The summed E-state index contributed by atoms with van der Waals surface area (Å²) in [5, 5.41) is 0. The van der Waals surface area contributed by atoms with E-state index in [0.717, 1.165) is 11.4 Å². The molecule has 1 heterocycles. The van der Waals surface area contributed by atoms with Gasteiger partial charge in [-0.15, -0.1) is 0 Å². The molecule has 0 amide bonds. The molecule has 0 N–H and O–H groups in total. The van der Waals surface area contributed by atoms with Crippen LogP contribution in [0.2, 0.25) is 0 Å². The van der Waals surface area contributed by atoms with E-state index in [4.69, 9.17) is 14.2 Å². The van der Waals surface area contributed by atoms with Crippen molar-refractivity contribution in [3.63, 3.8) is 0 Å². The number of hydrogen-bond donors (Lipinski definition) is 0. The van der Waals surface area contributed by atoms with Gasteiger partial charge in [-0.3, -0.25) is 4.99 Å². The molecule has 1 aromatic carbocycles. The Morgan fingerprint density at radius 2 is 1.93 bits per heavy atom. The Labute approximate surface area is 88.5 Å². The van der Waals surface area contributed by atoms with Crippen molar-refractivity contribution < 1.29 is 14.2 Å². The van der Waals surface area contributed by atoms with Gasteiger partial charge >= 0.3 is 0 Å². The van der Waals surface area contributed by atoms with Crippen molar-refractivity contribution in [2.45, 2.75) is 19.5 Å². The fourth-order valence-electron chi connectivity index (χ4n) is 1.27. The Morgan fingerprint density at radius 1 is 1.27 bits per heavy atom. The first-order valence-electron chi connectivity index (χ1n) is 4.77. The van der Waals surface area contributed by atoms with Gasteiger partial charge in [0.25, 0.3) is 0 Å². The van der Waals surface area contributed by atoms with Gasteiger partial charge in [-0.05, 0) is 31.2 Å². The minimum absolute atomic E-state index is 0.114. The van der Waals surface area contributed by atoms with Gasteiger partial charge in [-0.1, -0.05) is 0 Å². The summed E-state index contributed by atoms with van der Waals surface area (Å²) in [5.41, 5.74) is 0.850. The monoisotopic (exact) mass is 207 g/mol. The van der Waals surface area contributed by atoms with E-state index in [1.54, 1.807) is 13.3 Å². The second kappa shape index (κ2) is 4.42. The van der Waals surface area contributed by atoms with Crippen molar-refractivity contribution in [3.05, 3.63) is 24.3 Å². The van der Waals surface area contributed by atoms with Gasteiger partial charge in [0.1, 0.15) is 5.75 Å². The van der Waals surface area contributed by atoms with Crippen LogP contribution in [-0.2, 0) is 9.47 Å². The summed E-state index contributed by atoms with van der Waals surface area (Å²) in [6.45, 7) is 1.84. The smallest absolute Gasteiger partial charge is 0.199 e. The molecule has 0 radical (unpaired) electrons. The minimum atomic E-state index is -0.304. The van der Waals surface area contributed by atoms with Gasteiger partial charge in [0.05, 0.1) is 19.0 Å². The number of benzene rings is 1. The molecule has 0 unspecified atom stereocenters. The predicted molar refractivity (Wildman–Crippen MR) is 56.6 cm³/mol. The summed E-state index contributed by atoms with van der Waals surface area (Å²) in [7, 11) is 1.63. The number of methoxy groups -OCH3 is 1. The zero-order valence-corrected chi connectivity index (χ0v) is 8.71. The van der Waals surface area contributed by atoms with E-state index >= 15 is 0 Å². The highest BCUT2D eigenvalue weighted by Crippen LogP contribution is 2.19. The van der Waals surface area contributed by atoms with Crippen LogP contribution in [0.3, 0.4) is 0 Å². The Bertz CT molecular complexity index is 341. The lowest BCUT2D eigenvalue weighted by atomic mass is 10.3. The number of aliphatic imine (C=N–C) groups is 1. The van der Waals surface area contributed by atoms with E-state index in [0.29, 0.717) is 0 Å². The van der Waals surface area contributed by atoms with Crippen LogP contribution in [0.1, 0.15) is 6.92 Å². The topological polar surface area (TPSA) is 40.0 Å². The van der Waals surface area contributed by atoms with E-state index in [2.05, 4.69) is 4.99 Å². The molecule has 1 fully saturated rings. The summed E-state index contributed by atoms with van der Waals surface area (Å²) < 4.78 is 15.5. The fourth-order valence-corrected chi connectivity index (χ4v) is 1.27. The van der Waals surface area contributed by atoms with Crippen LogP contribution in [0.4, 0.5) is 5.69 Å². The van der Waals surface area contributed by atoms with Crippen LogP contribution in [0.5, 0.6) is 5.75 Å². The molecular weight excluding hydrogens is 194 g/mol. The SMILES string of the molecule is COc1ccc(N=CC2OC(C)O2)cc1. The molecule has 1 aromatic rings. The number of rotatable bonds is 3. The van der Waals surface area contributed by atoms with Crippen LogP contribution in [0.25, 0.3) is 0 Å². The number of nitrogens with zero attached hydrogens (tertiary/aromatic N) is 1. The van der Waals surface area contributed by atoms with Crippen LogP contribution >= 0.6 is 0 Å². The van der Waals surface area contributed by atoms with E-state index < -0.39 is 0 Å². The third-order valence-corrected chi connectivity index (χ3v) is 2.07. The standard InChI is InChI=1S/C11H13NO3/c1-8-14-11(15-8)7-12-9-3-5-10(13-2)6-4-9/h3-8,11H,1-2H3. The Morgan fingerprint density at radius 3 is 2.47 bits per heavy atom. The zero-order chi connectivity index (χ0) is 10.7. The van der Waals surface area contributed by atoms with Gasteiger partial charge in [0, 0.05) is 0 Å². The van der Waals surface area contributed by atoms with Crippen LogP contribution in [0.15, 0.2) is 29.3 Å². The maximum atomic E-state index is 5.21. The Hall–Kier alpha value is -1.39. The third kappa shape index (κ3) is 2.55. The first-order chi connectivity index (χ1) is 7.28. The number of hydrogen-bond acceptors (Lipinski definition) is 4. The van der Waals surface area contributed by atoms with Crippen LogP contribution in [0, 0.1) is 0 Å². The second-order valence-corrected chi connectivity index (χ2v) is 3.18. The van der Waals surface area contributed by atoms with Crippen LogP contribution < -0.4 is 4.74 Å². The molecule has 0 spiro atoms. The average Bonchev–Trinajstić information content (AvgIpc) is 2.23. The molecule has 80 valence electrons. The van der Waals surface area contributed by atoms with E-state index in [1.807, 2.05) is 31.2 Å². The lowest BCUT2D eigenvalue weighted by Crippen LogP contribution is -2.39. The molecule has 4 heteroatoms. The van der Waals surface area contributed by atoms with Gasteiger partial charge in [0.2, 0.25) is 0 Å². The average molecular weight is 207 g/mol. The largest absolute Gasteiger partial charge is 0.497 e. The highest BCUT2D eigenvalue weighted by Gasteiger charge is 2.24. The van der Waals surface area contributed by atoms with Crippen molar-refractivity contribution in [2.75, 3.05) is 7.11 Å². The molecule has 0 aliphatic carbocycles. The maximum Gasteiger partial charge on any atom is 0.199 e. The lowest BCUT2D eigenvalue weighted by molar-refractivity contribution is -0.342. The molecular formula is C11H13NO3. The molecule has 15 heavy (non-hydrogen) atoms. The number of ether oxygens (including phenoxy) is 3. The quantitative estimate of drug-likeness (QED) is 0.713. The molecule has 2 rings (SSSR count). The summed E-state index contributed by atoms with van der Waals surface area (Å²) in [4.78, 5) is 4.21. The van der Waals surface area contributed by atoms with Crippen molar-refractivity contribution >= 4 is 11.9 Å². The van der Waals surface area contributed by atoms with Crippen LogP contribution in [-0.4, -0.2) is 25.9 Å². The third-order valence-electron chi connectivity index (χ3n) is 2.07. The highest BCUT2D eigenvalue weighted by molar-refractivity contribution is 5.67. The summed E-state index contributed by atoms with van der Waals surface area (Å²) in [6.07, 6.45) is 1.22. The van der Waals surface area contributed by atoms with E-state index in [-0.39, 0.29) is 12.6 Å². The van der Waals surface area contributed by atoms with E-state index in [1.165, 1.54) is 0 Å². The Kier molecular flexibility index (Phi) is 2.99. The second-order valence-electron chi connectivity index (χ2n) is 3.18. The molecule has 0 atom stereocenters. The Balaban J connectivity index is 1.92. The molecule has 0 aromatic heterocycles. The van der Waals surface area contributed by atoms with Crippen molar-refractivity contribution in [2.24, 2.45) is 4.99 Å². The maximum absolute atomic E-state index is 5.21. The molecule has 0 saturated carbocycles. The first kappa shape index (κ1) is 10.1. The molecule has 1 aliphatic heterocycles. The zero-order valence-electron chi connectivity index (χ0n) is 8.71. The van der Waals surface area contributed by atoms with Gasteiger partial charge in [0.15, 0.2) is 12.6 Å². The predicted octanol–water partition coefficient (Wildman–Crippen LogP) is 2.12. The summed E-state index contributed by atoms with van der Waals surface area (Å²) >= 11 is 0. The summed E-state index contributed by atoms with van der Waals surface area (Å²) in [6, 6.07) is 7.46. The van der Waals surface area contributed by atoms with Gasteiger partial charge in [-0.2, -0.15) is 0 Å². The molecule has 4 nitrogen and oxygen atoms in total. The van der Waals surface area contributed by atoms with Crippen molar-refractivity contribution in [1.29, 1.82) is 0 Å². The normalized spacial score (nSPS) is 25.2. The van der Waals surface area contributed by atoms with Crippen molar-refractivity contribution in [1.82, 2.24) is 0 Å². The minimum Gasteiger partial charge on any atom is -0.497 e. The van der Waals surface area contributed by atoms with Gasteiger partial charge in [-0.25, -0.2) is 0 Å². The summed E-state index contributed by atoms with van der Waals surface area (Å²) in [5.74, 6) is 0.818. The lowest BCUT2D eigenvalue weighted by Gasteiger charge is -2.30. The molecule has 0 bridgehead atoms. The molecule has 1 aliphatic rings. The molecule has 1 saturated heterocycles. The van der Waals surface area contributed by atoms with E-state index in [9.17, 15) is 0 Å². The van der Waals surface area contributed by atoms with Gasteiger partial charge < -0.3 is 14.2 Å².